The minimum Gasteiger partial charge on any atom is -0.481 e. The monoisotopic (exact) mass is 319 g/mol. The predicted molar refractivity (Wildman–Crippen MR) is 71.0 cm³/mol. The van der Waals surface area contributed by atoms with Crippen LogP contribution in [-0.2, 0) is 14.3 Å². The highest BCUT2D eigenvalue weighted by atomic mass is 32.2. The molecule has 21 heavy (non-hydrogen) atoms. The summed E-state index contributed by atoms with van der Waals surface area (Å²) in [4.78, 5) is 25.4. The van der Waals surface area contributed by atoms with Crippen LogP contribution in [0.2, 0.25) is 0 Å². The van der Waals surface area contributed by atoms with Gasteiger partial charge in [0, 0.05) is 13.0 Å². The van der Waals surface area contributed by atoms with Gasteiger partial charge in [-0.05, 0) is 6.42 Å². The summed E-state index contributed by atoms with van der Waals surface area (Å²) in [6.45, 7) is 3.78. The van der Waals surface area contributed by atoms with Crippen molar-refractivity contribution < 1.29 is 28.2 Å². The van der Waals surface area contributed by atoms with Crippen molar-refractivity contribution in [2.75, 3.05) is 7.11 Å². The zero-order chi connectivity index (χ0) is 15.5. The molecule has 1 aliphatic carbocycles. The molecule has 116 valence electrons. The first-order valence-corrected chi connectivity index (χ1v) is 7.47. The normalized spacial score (nSPS) is 45.7. The second kappa shape index (κ2) is 4.95. The molecule has 0 bridgehead atoms. The quantitative estimate of drug-likeness (QED) is 0.772. The third-order valence-electron chi connectivity index (χ3n) is 4.52. The van der Waals surface area contributed by atoms with Crippen molar-refractivity contribution >= 4 is 23.5 Å². The van der Waals surface area contributed by atoms with Gasteiger partial charge in [-0.2, -0.15) is 0 Å². The molecular formula is C13H15F2NO4S. The van der Waals surface area contributed by atoms with Crippen LogP contribution in [0.15, 0.2) is 11.6 Å². The van der Waals surface area contributed by atoms with Gasteiger partial charge in [0.1, 0.15) is 23.6 Å². The van der Waals surface area contributed by atoms with Crippen LogP contribution in [0.4, 0.5) is 8.78 Å². The van der Waals surface area contributed by atoms with E-state index in [1.165, 1.54) is 18.9 Å². The Morgan fingerprint density at radius 1 is 1.52 bits per heavy atom. The van der Waals surface area contributed by atoms with Crippen molar-refractivity contribution in [3.63, 3.8) is 0 Å². The summed E-state index contributed by atoms with van der Waals surface area (Å²) in [5.74, 6) is -3.89. The standard InChI is InChI=1S/C13H15F2NO4S/c1-4-16-9-5(3-6(14)8(15)11(9)20-2)10(17)7(13(18)19)12(16)21-4/h5-9,11-12H,1,3H2,2H3,(H,18,19). The van der Waals surface area contributed by atoms with Gasteiger partial charge in [-0.3, -0.25) is 9.59 Å². The lowest BCUT2D eigenvalue weighted by molar-refractivity contribution is -0.166. The van der Waals surface area contributed by atoms with E-state index in [4.69, 9.17) is 4.74 Å². The topological polar surface area (TPSA) is 66.8 Å². The Hall–Kier alpha value is -1.15. The van der Waals surface area contributed by atoms with Crippen LogP contribution in [0, 0.1) is 11.8 Å². The number of halogens is 2. The minimum atomic E-state index is -1.83. The van der Waals surface area contributed by atoms with Crippen LogP contribution in [-0.4, -0.2) is 58.7 Å². The molecule has 2 saturated heterocycles. The number of carboxylic acid groups (broad SMARTS) is 1. The number of Topliss-reactive ketones (excluding diaryl/α,β-unsaturated/α-hetero) is 1. The molecule has 2 heterocycles. The van der Waals surface area contributed by atoms with Crippen molar-refractivity contribution in [1.29, 1.82) is 0 Å². The highest BCUT2D eigenvalue weighted by Gasteiger charge is 2.63. The summed E-state index contributed by atoms with van der Waals surface area (Å²) >= 11 is 1.18. The Balaban J connectivity index is 2.00. The van der Waals surface area contributed by atoms with E-state index in [1.807, 2.05) is 0 Å². The number of carbonyl (C=O) groups excluding carboxylic acids is 1. The third kappa shape index (κ3) is 1.92. The van der Waals surface area contributed by atoms with E-state index >= 15 is 0 Å². The molecule has 8 heteroatoms. The molecule has 1 N–H and O–H groups in total. The molecule has 3 rings (SSSR count). The largest absolute Gasteiger partial charge is 0.481 e. The van der Waals surface area contributed by atoms with Crippen molar-refractivity contribution in [2.45, 2.75) is 36.3 Å². The smallest absolute Gasteiger partial charge is 0.317 e. The number of ketones is 1. The van der Waals surface area contributed by atoms with Gasteiger partial charge in [-0.15, -0.1) is 0 Å². The lowest BCUT2D eigenvalue weighted by Gasteiger charge is -2.59. The summed E-state index contributed by atoms with van der Waals surface area (Å²) in [5, 5.41) is 9.22. The summed E-state index contributed by atoms with van der Waals surface area (Å²) in [7, 11) is 1.27. The average molecular weight is 319 g/mol. The van der Waals surface area contributed by atoms with Crippen LogP contribution < -0.4 is 0 Å². The second-order valence-electron chi connectivity index (χ2n) is 5.52. The summed E-state index contributed by atoms with van der Waals surface area (Å²) in [6.07, 6.45) is -5.06. The number of carboxylic acids is 1. The lowest BCUT2D eigenvalue weighted by Crippen LogP contribution is -2.70. The van der Waals surface area contributed by atoms with Gasteiger partial charge in [0.05, 0.1) is 11.1 Å². The number of hydrogen-bond donors (Lipinski definition) is 1. The molecule has 1 saturated carbocycles. The molecule has 7 atom stereocenters. The number of carbonyl (C=O) groups is 2. The number of alkyl halides is 2. The number of methoxy groups -OCH3 is 1. The first kappa shape index (κ1) is 14.8. The molecule has 3 aliphatic rings. The molecule has 0 amide bonds. The fourth-order valence-corrected chi connectivity index (χ4v) is 4.81. The number of ether oxygens (including phenoxy) is 1. The Morgan fingerprint density at radius 3 is 2.71 bits per heavy atom. The molecule has 0 aromatic rings. The van der Waals surface area contributed by atoms with Gasteiger partial charge in [0.25, 0.3) is 0 Å². The van der Waals surface area contributed by atoms with Gasteiger partial charge in [-0.1, -0.05) is 18.3 Å². The molecule has 7 unspecified atom stereocenters. The number of thioether (sulfide) groups is 1. The zero-order valence-corrected chi connectivity index (χ0v) is 12.1. The number of rotatable bonds is 2. The number of nitrogens with zero attached hydrogens (tertiary/aromatic N) is 1. The predicted octanol–water partition coefficient (Wildman–Crippen LogP) is 1.20. The maximum atomic E-state index is 14.1. The van der Waals surface area contributed by atoms with E-state index in [2.05, 4.69) is 6.58 Å². The Labute approximate surface area is 124 Å². The fraction of sp³-hybridized carbons (Fsp3) is 0.692. The molecule has 2 aliphatic heterocycles. The molecule has 3 fully saturated rings. The van der Waals surface area contributed by atoms with Gasteiger partial charge >= 0.3 is 5.97 Å². The summed E-state index contributed by atoms with van der Waals surface area (Å²) in [5.41, 5.74) is 0. The third-order valence-corrected chi connectivity index (χ3v) is 5.75. The van der Waals surface area contributed by atoms with E-state index in [9.17, 15) is 23.5 Å². The number of hydrogen-bond acceptors (Lipinski definition) is 5. The number of aliphatic carboxylic acids is 1. The second-order valence-corrected chi connectivity index (χ2v) is 6.71. The molecular weight excluding hydrogens is 304 g/mol. The Kier molecular flexibility index (Phi) is 3.48. The van der Waals surface area contributed by atoms with E-state index in [-0.39, 0.29) is 6.42 Å². The first-order valence-electron chi connectivity index (χ1n) is 6.59. The molecule has 0 aromatic heterocycles. The van der Waals surface area contributed by atoms with Crippen LogP contribution in [0.25, 0.3) is 0 Å². The maximum Gasteiger partial charge on any atom is 0.317 e. The van der Waals surface area contributed by atoms with Crippen molar-refractivity contribution in [3.8, 4) is 0 Å². The SMILES string of the molecule is C=C1SC2C(C(=O)O)C(=O)C3CC(F)C(F)C(OC)C3N12. The van der Waals surface area contributed by atoms with Gasteiger partial charge < -0.3 is 14.7 Å². The van der Waals surface area contributed by atoms with Gasteiger partial charge in [0.15, 0.2) is 12.0 Å². The van der Waals surface area contributed by atoms with Crippen molar-refractivity contribution in [2.24, 2.45) is 11.8 Å². The summed E-state index contributed by atoms with van der Waals surface area (Å²) < 4.78 is 33.0. The van der Waals surface area contributed by atoms with Crippen molar-refractivity contribution in [3.05, 3.63) is 11.6 Å². The lowest BCUT2D eigenvalue weighted by atomic mass is 9.71. The van der Waals surface area contributed by atoms with E-state index in [0.717, 1.165) is 0 Å². The van der Waals surface area contributed by atoms with Crippen LogP contribution in [0.5, 0.6) is 0 Å². The molecule has 0 spiro atoms. The van der Waals surface area contributed by atoms with E-state index < -0.39 is 53.5 Å². The Morgan fingerprint density at radius 2 is 2.19 bits per heavy atom. The zero-order valence-electron chi connectivity index (χ0n) is 11.2. The van der Waals surface area contributed by atoms with Crippen molar-refractivity contribution in [1.82, 2.24) is 4.90 Å². The highest BCUT2D eigenvalue weighted by Crippen LogP contribution is 2.54. The van der Waals surface area contributed by atoms with Gasteiger partial charge in [0.2, 0.25) is 0 Å². The maximum absolute atomic E-state index is 14.1. The Bertz CT molecular complexity index is 516. The van der Waals surface area contributed by atoms with E-state index in [0.29, 0.717) is 5.03 Å². The average Bonchev–Trinajstić information content (AvgIpc) is 2.40. The highest BCUT2D eigenvalue weighted by molar-refractivity contribution is 8.05. The van der Waals surface area contributed by atoms with Crippen LogP contribution >= 0.6 is 11.8 Å². The summed E-state index contributed by atoms with van der Waals surface area (Å²) in [6, 6.07) is -0.682. The number of fused-ring (bicyclic) bond motifs is 3. The van der Waals surface area contributed by atoms with E-state index in [1.54, 1.807) is 4.90 Å². The van der Waals surface area contributed by atoms with Gasteiger partial charge in [-0.25, -0.2) is 8.78 Å². The first-order chi connectivity index (χ1) is 9.88. The van der Waals surface area contributed by atoms with Crippen LogP contribution in [0.1, 0.15) is 6.42 Å². The fourth-order valence-electron chi connectivity index (χ4n) is 3.57. The van der Waals surface area contributed by atoms with Crippen LogP contribution in [0.3, 0.4) is 0 Å². The molecule has 0 radical (unpaired) electrons. The molecule has 5 nitrogen and oxygen atoms in total. The molecule has 0 aromatic carbocycles. The minimum absolute atomic E-state index is 0.310. The number of piperidine rings is 1.